The van der Waals surface area contributed by atoms with Gasteiger partial charge in [0.1, 0.15) is 5.75 Å². The molecule has 3 unspecified atom stereocenters. The topological polar surface area (TPSA) is 62.3 Å². The van der Waals surface area contributed by atoms with Crippen LogP contribution in [0.5, 0.6) is 5.75 Å². The SMILES string of the molecule is COc1ccc(C#N)cc1CN1CC2CCCC(N)C2C1. The van der Waals surface area contributed by atoms with Crippen LogP contribution < -0.4 is 10.5 Å². The van der Waals surface area contributed by atoms with Gasteiger partial charge in [0.25, 0.3) is 0 Å². The fraction of sp³-hybridized carbons (Fsp3) is 0.588. The van der Waals surface area contributed by atoms with E-state index in [4.69, 9.17) is 15.7 Å². The van der Waals surface area contributed by atoms with Gasteiger partial charge in [0, 0.05) is 31.2 Å². The summed E-state index contributed by atoms with van der Waals surface area (Å²) >= 11 is 0. The van der Waals surface area contributed by atoms with Crippen LogP contribution in [0.15, 0.2) is 18.2 Å². The second-order valence-corrected chi connectivity index (χ2v) is 6.35. The molecule has 0 radical (unpaired) electrons. The van der Waals surface area contributed by atoms with Crippen molar-refractivity contribution in [3.05, 3.63) is 29.3 Å². The summed E-state index contributed by atoms with van der Waals surface area (Å²) in [5.74, 6) is 2.26. The molecule has 1 saturated carbocycles. The Morgan fingerprint density at radius 3 is 2.95 bits per heavy atom. The second-order valence-electron chi connectivity index (χ2n) is 6.35. The van der Waals surface area contributed by atoms with Crippen LogP contribution in [-0.2, 0) is 6.54 Å². The van der Waals surface area contributed by atoms with Crippen molar-refractivity contribution in [1.29, 1.82) is 5.26 Å². The van der Waals surface area contributed by atoms with Gasteiger partial charge in [-0.3, -0.25) is 4.90 Å². The lowest BCUT2D eigenvalue weighted by molar-refractivity contribution is 0.259. The number of ether oxygens (including phenoxy) is 1. The molecule has 1 aromatic carbocycles. The van der Waals surface area contributed by atoms with E-state index in [1.165, 1.54) is 19.3 Å². The summed E-state index contributed by atoms with van der Waals surface area (Å²) in [4.78, 5) is 2.47. The highest BCUT2D eigenvalue weighted by atomic mass is 16.5. The van der Waals surface area contributed by atoms with Crippen molar-refractivity contribution in [1.82, 2.24) is 4.90 Å². The van der Waals surface area contributed by atoms with Crippen LogP contribution in [0.25, 0.3) is 0 Å². The third kappa shape index (κ3) is 2.90. The number of nitriles is 1. The largest absolute Gasteiger partial charge is 0.496 e. The summed E-state index contributed by atoms with van der Waals surface area (Å²) in [6, 6.07) is 8.21. The molecular formula is C17H23N3O. The summed E-state index contributed by atoms with van der Waals surface area (Å²) in [5, 5.41) is 9.07. The lowest BCUT2D eigenvalue weighted by Gasteiger charge is -2.29. The van der Waals surface area contributed by atoms with E-state index >= 15 is 0 Å². The number of methoxy groups -OCH3 is 1. The normalized spacial score (nSPS) is 28.9. The van der Waals surface area contributed by atoms with E-state index in [9.17, 15) is 0 Å². The van der Waals surface area contributed by atoms with Crippen LogP contribution in [0.4, 0.5) is 0 Å². The molecule has 2 fully saturated rings. The Morgan fingerprint density at radius 2 is 2.24 bits per heavy atom. The van der Waals surface area contributed by atoms with Gasteiger partial charge >= 0.3 is 0 Å². The minimum atomic E-state index is 0.362. The van der Waals surface area contributed by atoms with E-state index in [-0.39, 0.29) is 0 Å². The fourth-order valence-corrected chi connectivity index (χ4v) is 3.95. The Hall–Kier alpha value is -1.57. The summed E-state index contributed by atoms with van der Waals surface area (Å²) < 4.78 is 5.43. The van der Waals surface area contributed by atoms with Gasteiger partial charge in [-0.05, 0) is 42.9 Å². The zero-order valence-corrected chi connectivity index (χ0v) is 12.6. The van der Waals surface area contributed by atoms with E-state index in [1.807, 2.05) is 18.2 Å². The van der Waals surface area contributed by atoms with Crippen LogP contribution in [-0.4, -0.2) is 31.1 Å². The number of nitrogens with two attached hydrogens (primary N) is 1. The molecule has 1 aliphatic carbocycles. The monoisotopic (exact) mass is 285 g/mol. The Balaban J connectivity index is 1.74. The van der Waals surface area contributed by atoms with Crippen molar-refractivity contribution in [3.63, 3.8) is 0 Å². The highest BCUT2D eigenvalue weighted by Crippen LogP contribution is 2.36. The van der Waals surface area contributed by atoms with Gasteiger partial charge in [-0.1, -0.05) is 6.42 Å². The summed E-state index contributed by atoms with van der Waals surface area (Å²) in [6.07, 6.45) is 3.75. The number of rotatable bonds is 3. The molecule has 4 heteroatoms. The molecule has 0 bridgehead atoms. The van der Waals surface area contributed by atoms with Gasteiger partial charge < -0.3 is 10.5 Å². The molecule has 1 aromatic rings. The number of hydrogen-bond donors (Lipinski definition) is 1. The van der Waals surface area contributed by atoms with Crippen LogP contribution in [0, 0.1) is 23.2 Å². The third-order valence-corrected chi connectivity index (χ3v) is 5.03. The average molecular weight is 285 g/mol. The maximum atomic E-state index is 9.07. The average Bonchev–Trinajstić information content (AvgIpc) is 2.91. The van der Waals surface area contributed by atoms with E-state index in [0.717, 1.165) is 36.9 Å². The fourth-order valence-electron chi connectivity index (χ4n) is 3.95. The molecule has 1 aliphatic heterocycles. The molecule has 0 spiro atoms. The quantitative estimate of drug-likeness (QED) is 0.924. The van der Waals surface area contributed by atoms with E-state index in [2.05, 4.69) is 11.0 Å². The number of likely N-dealkylation sites (tertiary alicyclic amines) is 1. The van der Waals surface area contributed by atoms with Crippen molar-refractivity contribution in [2.45, 2.75) is 31.8 Å². The van der Waals surface area contributed by atoms with Crippen LogP contribution in [0.1, 0.15) is 30.4 Å². The second kappa shape index (κ2) is 6.05. The van der Waals surface area contributed by atoms with Gasteiger partial charge in [0.15, 0.2) is 0 Å². The zero-order chi connectivity index (χ0) is 14.8. The molecule has 3 atom stereocenters. The lowest BCUT2D eigenvalue weighted by atomic mass is 9.78. The molecule has 1 heterocycles. The van der Waals surface area contributed by atoms with Crippen molar-refractivity contribution in [3.8, 4) is 11.8 Å². The molecule has 0 aromatic heterocycles. The number of fused-ring (bicyclic) bond motifs is 1. The van der Waals surface area contributed by atoms with Gasteiger partial charge in [-0.15, -0.1) is 0 Å². The maximum Gasteiger partial charge on any atom is 0.123 e. The number of nitrogens with zero attached hydrogens (tertiary/aromatic N) is 2. The Labute approximate surface area is 126 Å². The zero-order valence-electron chi connectivity index (χ0n) is 12.6. The molecule has 0 amide bonds. The smallest absolute Gasteiger partial charge is 0.123 e. The first-order valence-corrected chi connectivity index (χ1v) is 7.76. The summed E-state index contributed by atoms with van der Waals surface area (Å²) in [5.41, 5.74) is 8.08. The highest BCUT2D eigenvalue weighted by molar-refractivity contribution is 5.42. The first-order valence-electron chi connectivity index (χ1n) is 7.76. The maximum absolute atomic E-state index is 9.07. The van der Waals surface area contributed by atoms with Gasteiger partial charge in [-0.25, -0.2) is 0 Å². The van der Waals surface area contributed by atoms with E-state index in [0.29, 0.717) is 17.5 Å². The van der Waals surface area contributed by atoms with Crippen molar-refractivity contribution in [2.24, 2.45) is 17.6 Å². The molecule has 2 aliphatic rings. The van der Waals surface area contributed by atoms with E-state index in [1.54, 1.807) is 7.11 Å². The first kappa shape index (κ1) is 14.4. The lowest BCUT2D eigenvalue weighted by Crippen LogP contribution is -2.38. The standard InChI is InChI=1S/C17H23N3O/c1-21-17-6-5-12(8-18)7-14(17)10-20-9-13-3-2-4-16(19)15(13)11-20/h5-7,13,15-16H,2-4,9-11,19H2,1H3. The van der Waals surface area contributed by atoms with Crippen molar-refractivity contribution in [2.75, 3.05) is 20.2 Å². The third-order valence-electron chi connectivity index (χ3n) is 5.03. The Bertz CT molecular complexity index is 551. The van der Waals surface area contributed by atoms with Gasteiger partial charge in [-0.2, -0.15) is 5.26 Å². The molecule has 1 saturated heterocycles. The highest BCUT2D eigenvalue weighted by Gasteiger charge is 2.38. The predicted molar refractivity (Wildman–Crippen MR) is 81.8 cm³/mol. The van der Waals surface area contributed by atoms with Crippen LogP contribution in [0.2, 0.25) is 0 Å². The first-order chi connectivity index (χ1) is 10.2. The Kier molecular flexibility index (Phi) is 4.14. The van der Waals surface area contributed by atoms with Crippen LogP contribution >= 0.6 is 0 Å². The molecule has 112 valence electrons. The number of hydrogen-bond acceptors (Lipinski definition) is 4. The number of benzene rings is 1. The summed E-state index contributed by atoms with van der Waals surface area (Å²) in [6.45, 7) is 3.04. The molecule has 21 heavy (non-hydrogen) atoms. The van der Waals surface area contributed by atoms with Crippen molar-refractivity contribution < 1.29 is 4.74 Å². The molecule has 2 N–H and O–H groups in total. The predicted octanol–water partition coefficient (Wildman–Crippen LogP) is 2.13. The van der Waals surface area contributed by atoms with E-state index < -0.39 is 0 Å². The van der Waals surface area contributed by atoms with Crippen molar-refractivity contribution >= 4 is 0 Å². The van der Waals surface area contributed by atoms with Crippen LogP contribution in [0.3, 0.4) is 0 Å². The molecule has 3 rings (SSSR count). The minimum absolute atomic E-state index is 0.362. The van der Waals surface area contributed by atoms with Gasteiger partial charge in [0.2, 0.25) is 0 Å². The minimum Gasteiger partial charge on any atom is -0.496 e. The molecular weight excluding hydrogens is 262 g/mol. The summed E-state index contributed by atoms with van der Waals surface area (Å²) in [7, 11) is 1.69. The molecule has 4 nitrogen and oxygen atoms in total. The van der Waals surface area contributed by atoms with Gasteiger partial charge in [0.05, 0.1) is 18.7 Å². The Morgan fingerprint density at radius 1 is 1.38 bits per heavy atom.